The molecule has 2 rings (SSSR count). The molecule has 0 aliphatic rings. The van der Waals surface area contributed by atoms with E-state index in [9.17, 15) is 4.79 Å². The van der Waals surface area contributed by atoms with Crippen molar-refractivity contribution in [3.63, 3.8) is 0 Å². The second-order valence-corrected chi connectivity index (χ2v) is 4.47. The fourth-order valence-corrected chi connectivity index (χ4v) is 1.83. The van der Waals surface area contributed by atoms with E-state index < -0.39 is 5.91 Å². The van der Waals surface area contributed by atoms with Gasteiger partial charge in [-0.1, -0.05) is 34.8 Å². The van der Waals surface area contributed by atoms with Crippen molar-refractivity contribution in [2.45, 2.75) is 0 Å². The molecular formula is C11H6Cl3N3O. The predicted octanol–water partition coefficient (Wildman–Crippen LogP) is 3.69. The van der Waals surface area contributed by atoms with Crippen molar-refractivity contribution in [3.8, 4) is 0 Å². The summed E-state index contributed by atoms with van der Waals surface area (Å²) in [6.45, 7) is 0. The molecule has 0 atom stereocenters. The van der Waals surface area contributed by atoms with Gasteiger partial charge < -0.3 is 5.32 Å². The highest BCUT2D eigenvalue weighted by molar-refractivity contribution is 6.35. The first-order chi connectivity index (χ1) is 8.56. The summed E-state index contributed by atoms with van der Waals surface area (Å²) in [7, 11) is 0. The number of pyridine rings is 2. The molecule has 2 aromatic rings. The van der Waals surface area contributed by atoms with Gasteiger partial charge in [0.1, 0.15) is 16.1 Å². The fraction of sp³-hybridized carbons (Fsp3) is 0. The molecule has 2 aromatic heterocycles. The SMILES string of the molecule is O=C(Nc1cc(Cl)ccn1)c1ccc(Cl)nc1Cl. The summed E-state index contributed by atoms with van der Waals surface area (Å²) in [5.74, 6) is -0.0996. The summed E-state index contributed by atoms with van der Waals surface area (Å²) in [4.78, 5) is 19.6. The molecule has 4 nitrogen and oxygen atoms in total. The summed E-state index contributed by atoms with van der Waals surface area (Å²) >= 11 is 17.2. The van der Waals surface area contributed by atoms with Crippen molar-refractivity contribution >= 4 is 46.5 Å². The van der Waals surface area contributed by atoms with Crippen LogP contribution >= 0.6 is 34.8 Å². The van der Waals surface area contributed by atoms with Crippen LogP contribution in [0.5, 0.6) is 0 Å². The first-order valence-electron chi connectivity index (χ1n) is 4.81. The molecule has 1 N–H and O–H groups in total. The average Bonchev–Trinajstić information content (AvgIpc) is 2.28. The third-order valence-corrected chi connectivity index (χ3v) is 2.76. The Morgan fingerprint density at radius 2 is 1.94 bits per heavy atom. The fourth-order valence-electron chi connectivity index (χ4n) is 1.24. The lowest BCUT2D eigenvalue weighted by molar-refractivity contribution is 0.102. The predicted molar refractivity (Wildman–Crippen MR) is 71.5 cm³/mol. The van der Waals surface area contributed by atoms with Crippen LogP contribution in [0.2, 0.25) is 15.3 Å². The Morgan fingerprint density at radius 3 is 2.61 bits per heavy atom. The Labute approximate surface area is 118 Å². The Bertz CT molecular complexity index is 604. The molecule has 0 radical (unpaired) electrons. The third-order valence-electron chi connectivity index (χ3n) is 2.02. The number of hydrogen-bond donors (Lipinski definition) is 1. The highest BCUT2D eigenvalue weighted by Gasteiger charge is 2.12. The lowest BCUT2D eigenvalue weighted by atomic mass is 10.2. The van der Waals surface area contributed by atoms with Crippen molar-refractivity contribution in [2.75, 3.05) is 5.32 Å². The van der Waals surface area contributed by atoms with Gasteiger partial charge in [0.25, 0.3) is 5.91 Å². The Morgan fingerprint density at radius 1 is 1.17 bits per heavy atom. The first-order valence-corrected chi connectivity index (χ1v) is 5.94. The van der Waals surface area contributed by atoms with Gasteiger partial charge >= 0.3 is 0 Å². The van der Waals surface area contributed by atoms with E-state index in [1.807, 2.05) is 0 Å². The highest BCUT2D eigenvalue weighted by atomic mass is 35.5. The number of nitrogens with zero attached hydrogens (tertiary/aromatic N) is 2. The maximum Gasteiger partial charge on any atom is 0.259 e. The Balaban J connectivity index is 2.22. The number of hydrogen-bond acceptors (Lipinski definition) is 3. The van der Waals surface area contributed by atoms with Gasteiger partial charge in [-0.3, -0.25) is 4.79 Å². The molecule has 0 bridgehead atoms. The van der Waals surface area contributed by atoms with Crippen LogP contribution in [0.25, 0.3) is 0 Å². The van der Waals surface area contributed by atoms with Crippen LogP contribution in [0.3, 0.4) is 0 Å². The van der Waals surface area contributed by atoms with E-state index in [-0.39, 0.29) is 15.9 Å². The largest absolute Gasteiger partial charge is 0.306 e. The minimum Gasteiger partial charge on any atom is -0.306 e. The van der Waals surface area contributed by atoms with Crippen molar-refractivity contribution in [2.24, 2.45) is 0 Å². The number of halogens is 3. The van der Waals surface area contributed by atoms with Crippen molar-refractivity contribution in [1.29, 1.82) is 0 Å². The first kappa shape index (κ1) is 13.1. The van der Waals surface area contributed by atoms with Crippen LogP contribution in [0.15, 0.2) is 30.5 Å². The van der Waals surface area contributed by atoms with Crippen LogP contribution in [0, 0.1) is 0 Å². The van der Waals surface area contributed by atoms with Gasteiger partial charge in [0.2, 0.25) is 0 Å². The van der Waals surface area contributed by atoms with Crippen molar-refractivity contribution in [1.82, 2.24) is 9.97 Å². The molecule has 1 amide bonds. The van der Waals surface area contributed by atoms with Gasteiger partial charge in [0.05, 0.1) is 5.56 Å². The molecule has 0 aromatic carbocycles. The van der Waals surface area contributed by atoms with E-state index in [0.29, 0.717) is 10.8 Å². The summed E-state index contributed by atoms with van der Waals surface area (Å²) in [6.07, 6.45) is 1.49. The summed E-state index contributed by atoms with van der Waals surface area (Å²) in [6, 6.07) is 6.09. The molecule has 0 aliphatic carbocycles. The highest BCUT2D eigenvalue weighted by Crippen LogP contribution is 2.18. The number of anilines is 1. The molecule has 0 spiro atoms. The topological polar surface area (TPSA) is 54.9 Å². The molecule has 7 heteroatoms. The quantitative estimate of drug-likeness (QED) is 0.861. The average molecular weight is 303 g/mol. The molecular weight excluding hydrogens is 296 g/mol. The van der Waals surface area contributed by atoms with E-state index >= 15 is 0 Å². The molecule has 0 fully saturated rings. The van der Waals surface area contributed by atoms with Gasteiger partial charge in [-0.2, -0.15) is 0 Å². The maximum atomic E-state index is 11.9. The van der Waals surface area contributed by atoms with E-state index in [1.54, 1.807) is 6.07 Å². The Hall–Kier alpha value is -1.36. The van der Waals surface area contributed by atoms with Crippen LogP contribution < -0.4 is 5.32 Å². The second-order valence-electron chi connectivity index (χ2n) is 3.29. The van der Waals surface area contributed by atoms with Crippen LogP contribution in [-0.4, -0.2) is 15.9 Å². The monoisotopic (exact) mass is 301 g/mol. The number of carbonyl (C=O) groups is 1. The zero-order valence-corrected chi connectivity index (χ0v) is 11.1. The number of nitrogens with one attached hydrogen (secondary N) is 1. The Kier molecular flexibility index (Phi) is 4.01. The molecule has 0 aliphatic heterocycles. The number of rotatable bonds is 2. The zero-order valence-electron chi connectivity index (χ0n) is 8.82. The lowest BCUT2D eigenvalue weighted by Gasteiger charge is -2.05. The summed E-state index contributed by atoms with van der Waals surface area (Å²) < 4.78 is 0. The van der Waals surface area contributed by atoms with Gasteiger partial charge in [-0.05, 0) is 24.3 Å². The van der Waals surface area contributed by atoms with Crippen molar-refractivity contribution < 1.29 is 4.79 Å². The summed E-state index contributed by atoms with van der Waals surface area (Å²) in [5.41, 5.74) is 0.211. The lowest BCUT2D eigenvalue weighted by Crippen LogP contribution is -2.13. The molecule has 0 unspecified atom stereocenters. The van der Waals surface area contributed by atoms with E-state index in [2.05, 4.69) is 15.3 Å². The van der Waals surface area contributed by atoms with Crippen molar-refractivity contribution in [3.05, 3.63) is 51.4 Å². The molecule has 0 saturated carbocycles. The van der Waals surface area contributed by atoms with Gasteiger partial charge in [0.15, 0.2) is 0 Å². The molecule has 0 saturated heterocycles. The van der Waals surface area contributed by atoms with Gasteiger partial charge in [-0.15, -0.1) is 0 Å². The van der Waals surface area contributed by atoms with Gasteiger partial charge in [-0.25, -0.2) is 9.97 Å². The molecule has 18 heavy (non-hydrogen) atoms. The second kappa shape index (κ2) is 5.52. The minimum atomic E-state index is -0.432. The summed E-state index contributed by atoms with van der Waals surface area (Å²) in [5, 5.41) is 3.28. The number of aromatic nitrogens is 2. The number of amides is 1. The van der Waals surface area contributed by atoms with E-state index in [0.717, 1.165) is 0 Å². The van der Waals surface area contributed by atoms with E-state index in [4.69, 9.17) is 34.8 Å². The standard InChI is InChI=1S/C11H6Cl3N3O/c12-6-3-4-15-9(5-6)17-11(18)7-1-2-8(13)16-10(7)14/h1-5H,(H,15,17,18). The number of carbonyl (C=O) groups excluding carboxylic acids is 1. The normalized spacial score (nSPS) is 10.2. The van der Waals surface area contributed by atoms with E-state index in [1.165, 1.54) is 24.4 Å². The molecule has 92 valence electrons. The minimum absolute atomic E-state index is 0.0297. The zero-order chi connectivity index (χ0) is 13.1. The smallest absolute Gasteiger partial charge is 0.259 e. The van der Waals surface area contributed by atoms with Crippen LogP contribution in [0.1, 0.15) is 10.4 Å². The maximum absolute atomic E-state index is 11.9. The van der Waals surface area contributed by atoms with Crippen LogP contribution in [0.4, 0.5) is 5.82 Å². The van der Waals surface area contributed by atoms with Crippen LogP contribution in [-0.2, 0) is 0 Å². The van der Waals surface area contributed by atoms with Gasteiger partial charge in [0, 0.05) is 11.2 Å². The molecule has 2 heterocycles. The third kappa shape index (κ3) is 3.10.